The largest absolute Gasteiger partial charge is 0.460 e. The summed E-state index contributed by atoms with van der Waals surface area (Å²) in [6, 6.07) is 7.52. The zero-order chi connectivity index (χ0) is 12.3. The van der Waals surface area contributed by atoms with Crippen molar-refractivity contribution in [3.8, 4) is 11.8 Å². The predicted molar refractivity (Wildman–Crippen MR) is 63.0 cm³/mol. The summed E-state index contributed by atoms with van der Waals surface area (Å²) in [6.07, 6.45) is 3.90. The van der Waals surface area contributed by atoms with Gasteiger partial charge in [-0.2, -0.15) is 5.26 Å². The minimum absolute atomic E-state index is 0.137. The van der Waals surface area contributed by atoms with Crippen LogP contribution in [-0.4, -0.2) is 0 Å². The van der Waals surface area contributed by atoms with Crippen molar-refractivity contribution >= 4 is 0 Å². The Bertz CT molecular complexity index is 538. The molecule has 0 aliphatic heterocycles. The van der Waals surface area contributed by atoms with Gasteiger partial charge < -0.3 is 4.74 Å². The summed E-state index contributed by atoms with van der Waals surface area (Å²) in [6.45, 7) is 1.92. The van der Waals surface area contributed by atoms with Crippen LogP contribution < -0.4 is 4.74 Å². The van der Waals surface area contributed by atoms with E-state index in [0.717, 1.165) is 5.56 Å². The highest BCUT2D eigenvalue weighted by Crippen LogP contribution is 2.26. The molecule has 0 saturated carbocycles. The van der Waals surface area contributed by atoms with Crippen LogP contribution in [-0.2, 0) is 0 Å². The first-order valence-electron chi connectivity index (χ1n) is 5.43. The molecule has 0 unspecified atom stereocenters. The van der Waals surface area contributed by atoms with Gasteiger partial charge in [0.1, 0.15) is 23.4 Å². The Morgan fingerprint density at radius 3 is 2.76 bits per heavy atom. The highest BCUT2D eigenvalue weighted by molar-refractivity contribution is 5.46. The Morgan fingerprint density at radius 1 is 1.29 bits per heavy atom. The van der Waals surface area contributed by atoms with E-state index in [1.165, 1.54) is 6.08 Å². The first-order valence-corrected chi connectivity index (χ1v) is 5.43. The SMILES string of the molecule is Cc1ccc(OC2=CC=C(F)CC2)c(C#N)c1. The first-order chi connectivity index (χ1) is 8.19. The van der Waals surface area contributed by atoms with Crippen LogP contribution in [0.5, 0.6) is 5.75 Å². The predicted octanol–water partition coefficient (Wildman–Crippen LogP) is 3.78. The topological polar surface area (TPSA) is 33.0 Å². The van der Waals surface area contributed by atoms with Crippen molar-refractivity contribution in [1.29, 1.82) is 5.26 Å². The van der Waals surface area contributed by atoms with Gasteiger partial charge in [0.25, 0.3) is 0 Å². The van der Waals surface area contributed by atoms with E-state index in [2.05, 4.69) is 6.07 Å². The Kier molecular flexibility index (Phi) is 3.24. The number of hydrogen-bond donors (Lipinski definition) is 0. The molecule has 2 nitrogen and oxygen atoms in total. The summed E-state index contributed by atoms with van der Waals surface area (Å²) in [5, 5.41) is 8.99. The van der Waals surface area contributed by atoms with Gasteiger partial charge in [-0.05, 0) is 36.8 Å². The monoisotopic (exact) mass is 229 g/mol. The number of aryl methyl sites for hydroxylation is 1. The second-order valence-corrected chi connectivity index (χ2v) is 3.96. The van der Waals surface area contributed by atoms with E-state index < -0.39 is 0 Å². The second-order valence-electron chi connectivity index (χ2n) is 3.96. The van der Waals surface area contributed by atoms with Crippen molar-refractivity contribution in [2.24, 2.45) is 0 Å². The van der Waals surface area contributed by atoms with E-state index in [-0.39, 0.29) is 5.83 Å². The van der Waals surface area contributed by atoms with Gasteiger partial charge in [0.05, 0.1) is 5.56 Å². The maximum absolute atomic E-state index is 12.8. The van der Waals surface area contributed by atoms with Crippen LogP contribution in [0.25, 0.3) is 0 Å². The maximum Gasteiger partial charge on any atom is 0.144 e. The standard InChI is InChI=1S/C14H12FNO/c1-10-2-7-14(11(8-10)9-16)17-13-5-3-12(15)4-6-13/h2-3,5,7-8H,4,6H2,1H3. The lowest BCUT2D eigenvalue weighted by molar-refractivity contribution is 0.391. The minimum atomic E-state index is -0.137. The molecule has 0 N–H and O–H groups in total. The van der Waals surface area contributed by atoms with Gasteiger partial charge in [-0.3, -0.25) is 0 Å². The fourth-order valence-corrected chi connectivity index (χ4v) is 1.64. The molecule has 0 saturated heterocycles. The molecule has 0 bridgehead atoms. The molecule has 0 radical (unpaired) electrons. The Labute approximate surface area is 99.6 Å². The number of allylic oxidation sites excluding steroid dienone is 4. The molecule has 0 amide bonds. The van der Waals surface area contributed by atoms with E-state index in [1.54, 1.807) is 18.2 Å². The molecule has 0 heterocycles. The van der Waals surface area contributed by atoms with E-state index >= 15 is 0 Å². The quantitative estimate of drug-likeness (QED) is 0.773. The Balaban J connectivity index is 2.23. The molecule has 2 rings (SSSR count). The number of halogens is 1. The third-order valence-electron chi connectivity index (χ3n) is 2.56. The van der Waals surface area contributed by atoms with Gasteiger partial charge >= 0.3 is 0 Å². The smallest absolute Gasteiger partial charge is 0.144 e. The maximum atomic E-state index is 12.8. The summed E-state index contributed by atoms with van der Waals surface area (Å²) >= 11 is 0. The van der Waals surface area contributed by atoms with Gasteiger partial charge in [0.2, 0.25) is 0 Å². The number of hydrogen-bond acceptors (Lipinski definition) is 2. The van der Waals surface area contributed by atoms with Gasteiger partial charge in [-0.25, -0.2) is 4.39 Å². The van der Waals surface area contributed by atoms with Gasteiger partial charge in [-0.1, -0.05) is 6.07 Å². The molecule has 0 atom stereocenters. The van der Waals surface area contributed by atoms with Gasteiger partial charge in [0, 0.05) is 12.8 Å². The van der Waals surface area contributed by atoms with Crippen LogP contribution in [0, 0.1) is 18.3 Å². The van der Waals surface area contributed by atoms with Crippen molar-refractivity contribution in [2.45, 2.75) is 19.8 Å². The first kappa shape index (κ1) is 11.4. The van der Waals surface area contributed by atoms with Crippen LogP contribution in [0.4, 0.5) is 4.39 Å². The zero-order valence-corrected chi connectivity index (χ0v) is 9.53. The molecular formula is C14H12FNO. The third kappa shape index (κ3) is 2.73. The van der Waals surface area contributed by atoms with Crippen molar-refractivity contribution in [3.63, 3.8) is 0 Å². The average Bonchev–Trinajstić information content (AvgIpc) is 2.34. The zero-order valence-electron chi connectivity index (χ0n) is 9.53. The summed E-state index contributed by atoms with van der Waals surface area (Å²) in [5.41, 5.74) is 1.51. The molecule has 1 aromatic rings. The lowest BCUT2D eigenvalue weighted by Crippen LogP contribution is -2.00. The summed E-state index contributed by atoms with van der Waals surface area (Å²) in [5.74, 6) is 1.08. The van der Waals surface area contributed by atoms with Crippen LogP contribution >= 0.6 is 0 Å². The molecule has 1 aliphatic rings. The van der Waals surface area contributed by atoms with Crippen LogP contribution in [0.2, 0.25) is 0 Å². The van der Waals surface area contributed by atoms with Crippen molar-refractivity contribution in [2.75, 3.05) is 0 Å². The van der Waals surface area contributed by atoms with Crippen LogP contribution in [0.15, 0.2) is 41.9 Å². The normalized spacial score (nSPS) is 14.6. The lowest BCUT2D eigenvalue weighted by atomic mass is 10.1. The molecule has 0 spiro atoms. The lowest BCUT2D eigenvalue weighted by Gasteiger charge is -2.13. The van der Waals surface area contributed by atoms with E-state index in [9.17, 15) is 4.39 Å². The number of ether oxygens (including phenoxy) is 1. The highest BCUT2D eigenvalue weighted by Gasteiger charge is 2.10. The van der Waals surface area contributed by atoms with Crippen molar-refractivity contribution in [1.82, 2.24) is 0 Å². The van der Waals surface area contributed by atoms with Crippen molar-refractivity contribution in [3.05, 3.63) is 53.1 Å². The molecule has 17 heavy (non-hydrogen) atoms. The van der Waals surface area contributed by atoms with E-state index in [4.69, 9.17) is 10.00 Å². The Hall–Kier alpha value is -2.08. The molecule has 0 fully saturated rings. The summed E-state index contributed by atoms with van der Waals surface area (Å²) in [7, 11) is 0. The summed E-state index contributed by atoms with van der Waals surface area (Å²) in [4.78, 5) is 0. The number of rotatable bonds is 2. The summed E-state index contributed by atoms with van der Waals surface area (Å²) < 4.78 is 18.4. The number of benzene rings is 1. The fourth-order valence-electron chi connectivity index (χ4n) is 1.64. The number of nitrogens with zero attached hydrogens (tertiary/aromatic N) is 1. The molecule has 1 aromatic carbocycles. The van der Waals surface area contributed by atoms with Crippen LogP contribution in [0.1, 0.15) is 24.0 Å². The molecule has 0 aromatic heterocycles. The van der Waals surface area contributed by atoms with Gasteiger partial charge in [0.15, 0.2) is 0 Å². The minimum Gasteiger partial charge on any atom is -0.460 e. The molecular weight excluding hydrogens is 217 g/mol. The second kappa shape index (κ2) is 4.84. The molecule has 1 aliphatic carbocycles. The molecule has 86 valence electrons. The van der Waals surface area contributed by atoms with Gasteiger partial charge in [-0.15, -0.1) is 0 Å². The van der Waals surface area contributed by atoms with E-state index in [1.807, 2.05) is 13.0 Å². The van der Waals surface area contributed by atoms with Crippen molar-refractivity contribution < 1.29 is 9.13 Å². The highest BCUT2D eigenvalue weighted by atomic mass is 19.1. The Morgan fingerprint density at radius 2 is 2.12 bits per heavy atom. The molecule has 3 heteroatoms. The number of nitriles is 1. The average molecular weight is 229 g/mol. The van der Waals surface area contributed by atoms with Crippen LogP contribution in [0.3, 0.4) is 0 Å². The third-order valence-corrected chi connectivity index (χ3v) is 2.56. The fraction of sp³-hybridized carbons (Fsp3) is 0.214. The van der Waals surface area contributed by atoms with E-state index in [0.29, 0.717) is 29.9 Å².